The molecule has 1 aliphatic heterocycles. The van der Waals surface area contributed by atoms with Gasteiger partial charge in [-0.3, -0.25) is 14.4 Å². The van der Waals surface area contributed by atoms with Gasteiger partial charge in [0.1, 0.15) is 0 Å². The summed E-state index contributed by atoms with van der Waals surface area (Å²) in [5, 5.41) is 14.0. The molecule has 1 saturated heterocycles. The van der Waals surface area contributed by atoms with Crippen LogP contribution in [0, 0.1) is 5.41 Å². The number of hydrogen-bond acceptors (Lipinski definition) is 3. The fraction of sp³-hybridized carbons (Fsp3) is 0.500. The molecule has 1 atom stereocenters. The molecule has 134 valence electrons. The Morgan fingerprint density at radius 2 is 1.96 bits per heavy atom. The molecule has 2 aromatic rings. The van der Waals surface area contributed by atoms with Crippen LogP contribution in [0.4, 0.5) is 0 Å². The number of rotatable bonds is 7. The van der Waals surface area contributed by atoms with E-state index in [4.69, 9.17) is 0 Å². The van der Waals surface area contributed by atoms with Gasteiger partial charge in [-0.25, -0.2) is 0 Å². The van der Waals surface area contributed by atoms with Gasteiger partial charge < -0.3 is 5.11 Å². The van der Waals surface area contributed by atoms with E-state index in [0.717, 1.165) is 45.3 Å². The Bertz CT molecular complexity index is 677. The molecule has 5 heteroatoms. The monoisotopic (exact) mass is 341 g/mol. The maximum absolute atomic E-state index is 11.8. The lowest BCUT2D eigenvalue weighted by atomic mass is 9.76. The van der Waals surface area contributed by atoms with Gasteiger partial charge in [0, 0.05) is 25.5 Å². The number of aliphatic carboxylic acids is 1. The summed E-state index contributed by atoms with van der Waals surface area (Å²) in [6.07, 6.45) is 7.19. The summed E-state index contributed by atoms with van der Waals surface area (Å²) < 4.78 is 1.91. The number of piperidine rings is 1. The van der Waals surface area contributed by atoms with Gasteiger partial charge in [0.2, 0.25) is 0 Å². The van der Waals surface area contributed by atoms with Crippen LogP contribution >= 0.6 is 0 Å². The van der Waals surface area contributed by atoms with Gasteiger partial charge in [0.15, 0.2) is 0 Å². The van der Waals surface area contributed by atoms with Crippen molar-refractivity contribution in [3.05, 3.63) is 53.9 Å². The average molecular weight is 341 g/mol. The molecular formula is C20H27N3O2. The quantitative estimate of drug-likeness (QED) is 0.838. The molecule has 0 saturated carbocycles. The van der Waals surface area contributed by atoms with E-state index >= 15 is 0 Å². The third-order valence-electron chi connectivity index (χ3n) is 5.17. The second-order valence-electron chi connectivity index (χ2n) is 7.17. The van der Waals surface area contributed by atoms with Gasteiger partial charge in [-0.05, 0) is 43.0 Å². The first-order valence-electron chi connectivity index (χ1n) is 9.12. The van der Waals surface area contributed by atoms with E-state index in [2.05, 4.69) is 41.2 Å². The van der Waals surface area contributed by atoms with Crippen LogP contribution in [-0.2, 0) is 17.9 Å². The normalized spacial score (nSPS) is 21.3. The maximum Gasteiger partial charge on any atom is 0.310 e. The molecule has 25 heavy (non-hydrogen) atoms. The number of hydrogen-bond donors (Lipinski definition) is 1. The van der Waals surface area contributed by atoms with Crippen LogP contribution in [0.1, 0.15) is 43.7 Å². The van der Waals surface area contributed by atoms with E-state index < -0.39 is 11.4 Å². The Labute approximate surface area is 149 Å². The van der Waals surface area contributed by atoms with Crippen LogP contribution in [0.25, 0.3) is 0 Å². The van der Waals surface area contributed by atoms with Crippen molar-refractivity contribution in [1.29, 1.82) is 0 Å². The van der Waals surface area contributed by atoms with Crippen LogP contribution in [0.2, 0.25) is 0 Å². The topological polar surface area (TPSA) is 58.4 Å². The van der Waals surface area contributed by atoms with Gasteiger partial charge in [0.25, 0.3) is 0 Å². The molecule has 0 spiro atoms. The number of carbonyl (C=O) groups is 1. The summed E-state index contributed by atoms with van der Waals surface area (Å²) >= 11 is 0. The molecule has 0 amide bonds. The van der Waals surface area contributed by atoms with Gasteiger partial charge in [-0.2, -0.15) is 5.10 Å². The summed E-state index contributed by atoms with van der Waals surface area (Å²) in [7, 11) is 0. The van der Waals surface area contributed by atoms with Gasteiger partial charge >= 0.3 is 5.97 Å². The molecule has 0 bridgehead atoms. The highest BCUT2D eigenvalue weighted by Crippen LogP contribution is 2.35. The Morgan fingerprint density at radius 1 is 1.24 bits per heavy atom. The van der Waals surface area contributed by atoms with Crippen molar-refractivity contribution in [3.63, 3.8) is 0 Å². The fourth-order valence-electron chi connectivity index (χ4n) is 3.92. The van der Waals surface area contributed by atoms with Crippen molar-refractivity contribution in [2.45, 2.75) is 45.7 Å². The zero-order valence-electron chi connectivity index (χ0n) is 14.9. The van der Waals surface area contributed by atoms with Crippen LogP contribution in [-0.4, -0.2) is 38.8 Å². The molecule has 1 fully saturated rings. The summed E-state index contributed by atoms with van der Waals surface area (Å²) in [5.74, 6) is -0.631. The van der Waals surface area contributed by atoms with E-state index in [-0.39, 0.29) is 0 Å². The average Bonchev–Trinajstić information content (AvgIpc) is 3.10. The highest BCUT2D eigenvalue weighted by molar-refractivity contribution is 5.75. The van der Waals surface area contributed by atoms with Crippen molar-refractivity contribution in [2.24, 2.45) is 5.41 Å². The molecule has 1 N–H and O–H groups in total. The van der Waals surface area contributed by atoms with E-state index in [0.29, 0.717) is 6.54 Å². The Kier molecular flexibility index (Phi) is 5.53. The minimum absolute atomic E-state index is 0.562. The third kappa shape index (κ3) is 4.28. The number of carboxylic acid groups (broad SMARTS) is 1. The van der Waals surface area contributed by atoms with E-state index in [1.807, 2.05) is 16.9 Å². The number of carboxylic acids is 1. The zero-order chi connectivity index (χ0) is 17.7. The van der Waals surface area contributed by atoms with Crippen molar-refractivity contribution in [3.8, 4) is 0 Å². The van der Waals surface area contributed by atoms with Crippen molar-refractivity contribution >= 4 is 5.97 Å². The maximum atomic E-state index is 11.8. The predicted octanol–water partition coefficient (Wildman–Crippen LogP) is 3.40. The molecule has 1 aliphatic rings. The van der Waals surface area contributed by atoms with E-state index in [9.17, 15) is 9.90 Å². The minimum atomic E-state index is -0.631. The summed E-state index contributed by atoms with van der Waals surface area (Å²) in [5.41, 5.74) is 1.89. The smallest absolute Gasteiger partial charge is 0.310 e. The molecule has 0 unspecified atom stereocenters. The SMILES string of the molecule is CCC[C@@]1(C(=O)O)CCCN(Cc2ccc(Cn3cccn3)cc2)C1. The molecule has 3 rings (SSSR count). The number of aromatic nitrogens is 2. The third-order valence-corrected chi connectivity index (χ3v) is 5.17. The van der Waals surface area contributed by atoms with E-state index in [1.165, 1.54) is 11.1 Å². The second-order valence-corrected chi connectivity index (χ2v) is 7.17. The molecule has 5 nitrogen and oxygen atoms in total. The van der Waals surface area contributed by atoms with Crippen LogP contribution in [0.5, 0.6) is 0 Å². The molecular weight excluding hydrogens is 314 g/mol. The van der Waals surface area contributed by atoms with Crippen molar-refractivity contribution in [1.82, 2.24) is 14.7 Å². The predicted molar refractivity (Wildman–Crippen MR) is 97.3 cm³/mol. The van der Waals surface area contributed by atoms with Gasteiger partial charge in [-0.15, -0.1) is 0 Å². The highest BCUT2D eigenvalue weighted by atomic mass is 16.4. The first kappa shape index (κ1) is 17.7. The van der Waals surface area contributed by atoms with Crippen molar-refractivity contribution in [2.75, 3.05) is 13.1 Å². The lowest BCUT2D eigenvalue weighted by molar-refractivity contribution is -0.153. The second kappa shape index (κ2) is 7.83. The first-order chi connectivity index (χ1) is 12.1. The molecule has 1 aromatic heterocycles. The Morgan fingerprint density at radius 3 is 2.56 bits per heavy atom. The summed E-state index contributed by atoms with van der Waals surface area (Å²) in [6, 6.07) is 10.5. The van der Waals surface area contributed by atoms with Gasteiger partial charge in [0.05, 0.1) is 12.0 Å². The lowest BCUT2D eigenvalue weighted by Crippen LogP contribution is -2.47. The Hall–Kier alpha value is -2.14. The summed E-state index contributed by atoms with van der Waals surface area (Å²) in [4.78, 5) is 14.1. The van der Waals surface area contributed by atoms with Crippen molar-refractivity contribution < 1.29 is 9.90 Å². The van der Waals surface area contributed by atoms with E-state index in [1.54, 1.807) is 6.20 Å². The van der Waals surface area contributed by atoms with Crippen LogP contribution in [0.15, 0.2) is 42.7 Å². The fourth-order valence-corrected chi connectivity index (χ4v) is 3.92. The Balaban J connectivity index is 1.62. The highest BCUT2D eigenvalue weighted by Gasteiger charge is 2.41. The zero-order valence-corrected chi connectivity index (χ0v) is 14.9. The minimum Gasteiger partial charge on any atom is -0.481 e. The van der Waals surface area contributed by atoms with Crippen LogP contribution in [0.3, 0.4) is 0 Å². The number of benzene rings is 1. The van der Waals surface area contributed by atoms with Crippen LogP contribution < -0.4 is 0 Å². The van der Waals surface area contributed by atoms with Gasteiger partial charge in [-0.1, -0.05) is 37.6 Å². The molecule has 0 radical (unpaired) electrons. The standard InChI is InChI=1S/C20H27N3O2/c1-2-9-20(19(24)25)10-3-12-22(16-20)14-17-5-7-18(8-6-17)15-23-13-4-11-21-23/h4-8,11,13H,2-3,9-10,12,14-16H2,1H3,(H,24,25)/t20-/m1/s1. The first-order valence-corrected chi connectivity index (χ1v) is 9.12. The largest absolute Gasteiger partial charge is 0.481 e. The number of nitrogens with zero attached hydrogens (tertiary/aromatic N) is 3. The molecule has 2 heterocycles. The lowest BCUT2D eigenvalue weighted by Gasteiger charge is -2.40. The molecule has 0 aliphatic carbocycles. The number of likely N-dealkylation sites (tertiary alicyclic amines) is 1. The summed E-state index contributed by atoms with van der Waals surface area (Å²) in [6.45, 7) is 5.30. The molecule has 1 aromatic carbocycles.